The zero-order valence-corrected chi connectivity index (χ0v) is 20.0. The van der Waals surface area contributed by atoms with E-state index in [-0.39, 0.29) is 5.78 Å². The zero-order chi connectivity index (χ0) is 22.6. The van der Waals surface area contributed by atoms with Crippen molar-refractivity contribution in [1.29, 1.82) is 0 Å². The Labute approximate surface area is 203 Å². The summed E-state index contributed by atoms with van der Waals surface area (Å²) < 4.78 is 2.31. The second kappa shape index (κ2) is 10.1. The summed E-state index contributed by atoms with van der Waals surface area (Å²) in [6.07, 6.45) is 6.71. The highest BCUT2D eigenvalue weighted by Gasteiger charge is 2.24. The predicted octanol–water partition coefficient (Wildman–Crippen LogP) is 7.16. The average Bonchev–Trinajstić information content (AvgIpc) is 3.26. The highest BCUT2D eigenvalue weighted by Crippen LogP contribution is 2.34. The van der Waals surface area contributed by atoms with E-state index < -0.39 is 0 Å². The van der Waals surface area contributed by atoms with Gasteiger partial charge in [-0.05, 0) is 41.3 Å². The minimum Gasteiger partial charge on any atom is -0.303 e. The first-order chi connectivity index (χ1) is 16.2. The molecule has 3 aromatic carbocycles. The normalized spacial score (nSPS) is 14.6. The van der Waals surface area contributed by atoms with Gasteiger partial charge >= 0.3 is 0 Å². The zero-order valence-electron chi connectivity index (χ0n) is 18.4. The third-order valence-corrected chi connectivity index (χ3v) is 7.68. The van der Waals surface area contributed by atoms with Gasteiger partial charge in [-0.1, -0.05) is 97.2 Å². The minimum absolute atomic E-state index is 0.0133. The lowest BCUT2D eigenvalue weighted by atomic mass is 9.95. The van der Waals surface area contributed by atoms with Crippen molar-refractivity contribution < 1.29 is 4.79 Å². The Balaban J connectivity index is 1.44. The molecule has 0 spiro atoms. The number of ketones is 1. The Morgan fingerprint density at radius 3 is 2.55 bits per heavy atom. The molecule has 1 saturated carbocycles. The fourth-order valence-electron chi connectivity index (χ4n) is 4.74. The third-order valence-electron chi connectivity index (χ3n) is 6.41. The van der Waals surface area contributed by atoms with Crippen LogP contribution >= 0.6 is 23.4 Å². The third kappa shape index (κ3) is 4.85. The van der Waals surface area contributed by atoms with E-state index in [1.807, 2.05) is 12.1 Å². The number of thioether (sulfide) groups is 1. The molecule has 4 aromatic rings. The second-order valence-electron chi connectivity index (χ2n) is 8.57. The van der Waals surface area contributed by atoms with E-state index >= 15 is 0 Å². The molecule has 5 rings (SSSR count). The first-order valence-electron chi connectivity index (χ1n) is 11.5. The number of carbonyl (C=O) groups excluding carboxylic acids is 1. The van der Waals surface area contributed by atoms with Crippen LogP contribution in [0.25, 0.3) is 10.8 Å². The molecule has 1 aliphatic carbocycles. The van der Waals surface area contributed by atoms with E-state index in [9.17, 15) is 4.79 Å². The lowest BCUT2D eigenvalue weighted by Crippen LogP contribution is -2.17. The van der Waals surface area contributed by atoms with E-state index in [0.29, 0.717) is 22.4 Å². The summed E-state index contributed by atoms with van der Waals surface area (Å²) in [7, 11) is 0. The lowest BCUT2D eigenvalue weighted by molar-refractivity contribution is 0.102. The van der Waals surface area contributed by atoms with Crippen LogP contribution in [-0.4, -0.2) is 26.3 Å². The Bertz CT molecular complexity index is 1270. The van der Waals surface area contributed by atoms with Gasteiger partial charge in [-0.15, -0.1) is 10.2 Å². The first kappa shape index (κ1) is 22.2. The summed E-state index contributed by atoms with van der Waals surface area (Å²) in [5.41, 5.74) is 1.81. The fourth-order valence-corrected chi connectivity index (χ4v) is 5.89. The maximum atomic E-state index is 12.8. The van der Waals surface area contributed by atoms with Crippen molar-refractivity contribution in [3.05, 3.63) is 88.7 Å². The van der Waals surface area contributed by atoms with Crippen LogP contribution in [0.1, 0.15) is 59.9 Å². The van der Waals surface area contributed by atoms with Crippen molar-refractivity contribution in [3.63, 3.8) is 0 Å². The standard InChI is InChI=1S/C27H26ClN3OS/c28-24-16-7-6-15-23(24)25(32)18-33-27-30-29-26(31(27)21-12-2-1-3-13-21)17-20-11-8-10-19-9-4-5-14-22(19)20/h4-11,14-16,21H,1-3,12-13,17-18H2. The van der Waals surface area contributed by atoms with E-state index in [2.05, 4.69) is 57.2 Å². The summed E-state index contributed by atoms with van der Waals surface area (Å²) in [4.78, 5) is 12.8. The van der Waals surface area contributed by atoms with Gasteiger partial charge in [0.1, 0.15) is 5.82 Å². The van der Waals surface area contributed by atoms with Crippen molar-refractivity contribution in [2.75, 3.05) is 5.75 Å². The van der Waals surface area contributed by atoms with Crippen LogP contribution in [0.3, 0.4) is 0 Å². The summed E-state index contributed by atoms with van der Waals surface area (Å²) in [6, 6.07) is 22.5. The molecule has 0 bridgehead atoms. The summed E-state index contributed by atoms with van der Waals surface area (Å²) >= 11 is 7.70. The fraction of sp³-hybridized carbons (Fsp3) is 0.296. The number of halogens is 1. The number of fused-ring (bicyclic) bond motifs is 1. The van der Waals surface area contributed by atoms with Gasteiger partial charge < -0.3 is 4.57 Å². The molecule has 33 heavy (non-hydrogen) atoms. The molecule has 1 aromatic heterocycles. The summed E-state index contributed by atoms with van der Waals surface area (Å²) in [5.74, 6) is 1.29. The van der Waals surface area contributed by atoms with Crippen LogP contribution in [0.5, 0.6) is 0 Å². The molecule has 0 amide bonds. The predicted molar refractivity (Wildman–Crippen MR) is 135 cm³/mol. The van der Waals surface area contributed by atoms with Crippen LogP contribution in [-0.2, 0) is 6.42 Å². The van der Waals surface area contributed by atoms with Crippen molar-refractivity contribution in [3.8, 4) is 0 Å². The molecule has 1 heterocycles. The SMILES string of the molecule is O=C(CSc1nnc(Cc2cccc3ccccc23)n1C1CCCCC1)c1ccccc1Cl. The van der Waals surface area contributed by atoms with Gasteiger partial charge in [0.15, 0.2) is 10.9 Å². The molecule has 4 nitrogen and oxygen atoms in total. The maximum absolute atomic E-state index is 12.8. The highest BCUT2D eigenvalue weighted by atomic mass is 35.5. The Hall–Kier alpha value is -2.63. The van der Waals surface area contributed by atoms with Crippen molar-refractivity contribution in [2.45, 2.75) is 49.7 Å². The van der Waals surface area contributed by atoms with Gasteiger partial charge in [0.25, 0.3) is 0 Å². The number of carbonyl (C=O) groups is 1. The maximum Gasteiger partial charge on any atom is 0.191 e. The van der Waals surface area contributed by atoms with Crippen molar-refractivity contribution in [1.82, 2.24) is 14.8 Å². The summed E-state index contributed by atoms with van der Waals surface area (Å²) in [5, 5.41) is 13.0. The van der Waals surface area contributed by atoms with E-state index in [0.717, 1.165) is 30.2 Å². The van der Waals surface area contributed by atoms with E-state index in [4.69, 9.17) is 11.6 Å². The molecule has 168 valence electrons. The largest absolute Gasteiger partial charge is 0.303 e. The average molecular weight is 476 g/mol. The van der Waals surface area contributed by atoms with Crippen LogP contribution in [0.4, 0.5) is 0 Å². The molecular formula is C27H26ClN3OS. The molecule has 6 heteroatoms. The number of Topliss-reactive ketones (excluding diaryl/α,β-unsaturated/α-hetero) is 1. The second-order valence-corrected chi connectivity index (χ2v) is 9.92. The number of hydrogen-bond donors (Lipinski definition) is 0. The van der Waals surface area contributed by atoms with Crippen molar-refractivity contribution in [2.24, 2.45) is 0 Å². The minimum atomic E-state index is 0.0133. The Morgan fingerprint density at radius 2 is 1.70 bits per heavy atom. The summed E-state index contributed by atoms with van der Waals surface area (Å²) in [6.45, 7) is 0. The molecule has 0 radical (unpaired) electrons. The highest BCUT2D eigenvalue weighted by molar-refractivity contribution is 7.99. The van der Waals surface area contributed by atoms with Gasteiger partial charge in [0, 0.05) is 18.0 Å². The van der Waals surface area contributed by atoms with Gasteiger partial charge in [-0.3, -0.25) is 4.79 Å². The Morgan fingerprint density at radius 1 is 0.939 bits per heavy atom. The molecule has 0 N–H and O–H groups in total. The number of hydrogen-bond acceptors (Lipinski definition) is 4. The van der Waals surface area contributed by atoms with Gasteiger partial charge in [-0.25, -0.2) is 0 Å². The molecular weight excluding hydrogens is 450 g/mol. The lowest BCUT2D eigenvalue weighted by Gasteiger charge is -2.25. The smallest absolute Gasteiger partial charge is 0.191 e. The van der Waals surface area contributed by atoms with Crippen LogP contribution in [0, 0.1) is 0 Å². The van der Waals surface area contributed by atoms with E-state index in [1.54, 1.807) is 12.1 Å². The number of nitrogens with zero attached hydrogens (tertiary/aromatic N) is 3. The molecule has 0 aliphatic heterocycles. The molecule has 0 saturated heterocycles. The number of aromatic nitrogens is 3. The number of rotatable bonds is 7. The van der Waals surface area contributed by atoms with Gasteiger partial charge in [0.05, 0.1) is 10.8 Å². The Kier molecular flexibility index (Phi) is 6.79. The molecule has 0 unspecified atom stereocenters. The van der Waals surface area contributed by atoms with Gasteiger partial charge in [0.2, 0.25) is 0 Å². The van der Waals surface area contributed by atoms with Crippen LogP contribution in [0.2, 0.25) is 5.02 Å². The molecule has 1 aliphatic rings. The first-order valence-corrected chi connectivity index (χ1v) is 12.9. The van der Waals surface area contributed by atoms with Crippen LogP contribution < -0.4 is 0 Å². The van der Waals surface area contributed by atoms with Crippen molar-refractivity contribution >= 4 is 39.9 Å². The van der Waals surface area contributed by atoms with Crippen LogP contribution in [0.15, 0.2) is 71.9 Å². The quantitative estimate of drug-likeness (QED) is 0.210. The van der Waals surface area contributed by atoms with E-state index in [1.165, 1.54) is 47.4 Å². The monoisotopic (exact) mass is 475 g/mol. The van der Waals surface area contributed by atoms with Gasteiger partial charge in [-0.2, -0.15) is 0 Å². The number of benzene rings is 3. The molecule has 1 fully saturated rings. The topological polar surface area (TPSA) is 47.8 Å². The molecule has 0 atom stereocenters.